The molecule has 1 saturated heterocycles. The van der Waals surface area contributed by atoms with Crippen LogP contribution in [0.3, 0.4) is 0 Å². The molecule has 2 aromatic carbocycles. The molecule has 1 aromatic heterocycles. The molecule has 8 heteroatoms. The molecule has 0 spiro atoms. The van der Waals surface area contributed by atoms with Crippen molar-refractivity contribution in [2.75, 3.05) is 19.6 Å². The Balaban J connectivity index is 0.00000225. The van der Waals surface area contributed by atoms with E-state index in [0.717, 1.165) is 10.9 Å². The molecule has 3 aromatic rings. The smallest absolute Gasteiger partial charge is 0.275 e. The maximum atomic E-state index is 13.0. The predicted molar refractivity (Wildman–Crippen MR) is 112 cm³/mol. The molecule has 1 fully saturated rings. The Kier molecular flexibility index (Phi) is 6.34. The first-order valence-electron chi connectivity index (χ1n) is 8.84. The van der Waals surface area contributed by atoms with Crippen molar-refractivity contribution >= 4 is 40.7 Å². The molecule has 146 valence electrons. The van der Waals surface area contributed by atoms with Gasteiger partial charge in [-0.15, -0.1) is 12.4 Å². The van der Waals surface area contributed by atoms with Gasteiger partial charge in [-0.2, -0.15) is 5.10 Å². The largest absolute Gasteiger partial charge is 0.331 e. The molecule has 1 N–H and O–H groups in total. The fraction of sp³-hybridized carbons (Fsp3) is 0.250. The number of rotatable bonds is 3. The molecular weight excluding hydrogens is 399 g/mol. The Labute approximate surface area is 173 Å². The van der Waals surface area contributed by atoms with Crippen molar-refractivity contribution in [2.45, 2.75) is 12.6 Å². The topological polar surface area (TPSA) is 67.2 Å². The number of aromatic nitrogens is 2. The van der Waals surface area contributed by atoms with Crippen molar-refractivity contribution in [1.82, 2.24) is 20.0 Å². The van der Waals surface area contributed by atoms with Gasteiger partial charge in [0.05, 0.1) is 17.6 Å². The molecular formula is C20H20Cl2N4O2. The maximum Gasteiger partial charge on any atom is 0.275 e. The molecule has 1 amide bonds. The summed E-state index contributed by atoms with van der Waals surface area (Å²) in [6.45, 7) is 1.78. The third-order valence-electron chi connectivity index (χ3n) is 4.87. The normalized spacial score (nSPS) is 16.6. The van der Waals surface area contributed by atoms with Gasteiger partial charge in [0, 0.05) is 30.0 Å². The number of nitrogens with one attached hydrogen (secondary N) is 1. The fourth-order valence-corrected chi connectivity index (χ4v) is 3.75. The average Bonchev–Trinajstić information content (AvgIpc) is 2.71. The molecule has 0 saturated carbocycles. The summed E-state index contributed by atoms with van der Waals surface area (Å²) < 4.78 is 1.23. The van der Waals surface area contributed by atoms with E-state index in [2.05, 4.69) is 10.4 Å². The maximum absolute atomic E-state index is 13.0. The fourth-order valence-electron chi connectivity index (χ4n) is 3.49. The van der Waals surface area contributed by atoms with Gasteiger partial charge < -0.3 is 10.2 Å². The molecule has 6 nitrogen and oxygen atoms in total. The number of piperazine rings is 1. The van der Waals surface area contributed by atoms with E-state index in [0.29, 0.717) is 30.0 Å². The van der Waals surface area contributed by atoms with Crippen molar-refractivity contribution in [3.8, 4) is 0 Å². The third-order valence-corrected chi connectivity index (χ3v) is 5.22. The Morgan fingerprint density at radius 2 is 1.93 bits per heavy atom. The van der Waals surface area contributed by atoms with Gasteiger partial charge in [-0.05, 0) is 17.7 Å². The van der Waals surface area contributed by atoms with Gasteiger partial charge in [-0.1, -0.05) is 48.0 Å². The summed E-state index contributed by atoms with van der Waals surface area (Å²) in [5.41, 5.74) is 0.643. The summed E-state index contributed by atoms with van der Waals surface area (Å²) in [4.78, 5) is 27.4. The van der Waals surface area contributed by atoms with Gasteiger partial charge in [0.25, 0.3) is 5.56 Å². The number of benzene rings is 2. The molecule has 2 heterocycles. The Morgan fingerprint density at radius 1 is 1.18 bits per heavy atom. The number of carbonyl (C=O) groups excluding carboxylic acids is 1. The van der Waals surface area contributed by atoms with Crippen LogP contribution in [-0.4, -0.2) is 40.2 Å². The first-order valence-corrected chi connectivity index (χ1v) is 9.22. The number of hydrogen-bond acceptors (Lipinski definition) is 4. The zero-order chi connectivity index (χ0) is 18.8. The van der Waals surface area contributed by atoms with Crippen LogP contribution in [-0.2, 0) is 11.3 Å². The Bertz CT molecular complexity index is 1050. The number of carbonyl (C=O) groups is 1. The van der Waals surface area contributed by atoms with Crippen molar-refractivity contribution < 1.29 is 4.79 Å². The molecule has 0 radical (unpaired) electrons. The molecule has 1 atom stereocenters. The van der Waals surface area contributed by atoms with Crippen LogP contribution in [0.2, 0.25) is 5.02 Å². The molecule has 1 aliphatic heterocycles. The lowest BCUT2D eigenvalue weighted by molar-refractivity contribution is -0.135. The molecule has 4 rings (SSSR count). The Morgan fingerprint density at radius 3 is 2.75 bits per heavy atom. The SMILES string of the molecule is Cl.O=C(Cn1ncc2ccccc2c1=O)N1CCNCC1c1ccccc1Cl. The van der Waals surface area contributed by atoms with Crippen molar-refractivity contribution in [3.05, 3.63) is 75.7 Å². The van der Waals surface area contributed by atoms with Gasteiger partial charge in [0.2, 0.25) is 5.91 Å². The third kappa shape index (κ3) is 3.90. The van der Waals surface area contributed by atoms with E-state index in [9.17, 15) is 9.59 Å². The summed E-state index contributed by atoms with van der Waals surface area (Å²) in [5, 5.41) is 9.43. The molecule has 28 heavy (non-hydrogen) atoms. The van der Waals surface area contributed by atoms with Gasteiger partial charge in [0.1, 0.15) is 6.54 Å². The highest BCUT2D eigenvalue weighted by atomic mass is 35.5. The summed E-state index contributed by atoms with van der Waals surface area (Å²) >= 11 is 6.35. The standard InChI is InChI=1S/C20H19ClN4O2.ClH/c21-17-8-4-3-7-16(17)18-12-22-9-10-24(18)19(26)13-25-20(27)15-6-2-1-5-14(15)11-23-25;/h1-8,11,18,22H,9-10,12-13H2;1H. The van der Waals surface area contributed by atoms with Crippen LogP contribution >= 0.6 is 24.0 Å². The lowest BCUT2D eigenvalue weighted by Gasteiger charge is -2.37. The van der Waals surface area contributed by atoms with Crippen LogP contribution in [0.4, 0.5) is 0 Å². The van der Waals surface area contributed by atoms with E-state index in [-0.39, 0.29) is 36.5 Å². The number of hydrogen-bond donors (Lipinski definition) is 1. The number of fused-ring (bicyclic) bond motifs is 1. The molecule has 0 bridgehead atoms. The van der Waals surface area contributed by atoms with Gasteiger partial charge >= 0.3 is 0 Å². The van der Waals surface area contributed by atoms with Gasteiger partial charge in [-0.25, -0.2) is 4.68 Å². The van der Waals surface area contributed by atoms with E-state index in [4.69, 9.17) is 11.6 Å². The minimum Gasteiger partial charge on any atom is -0.331 e. The van der Waals surface area contributed by atoms with Crippen LogP contribution in [0.5, 0.6) is 0 Å². The van der Waals surface area contributed by atoms with Crippen LogP contribution < -0.4 is 10.9 Å². The van der Waals surface area contributed by atoms with E-state index in [1.54, 1.807) is 23.2 Å². The lowest BCUT2D eigenvalue weighted by Crippen LogP contribution is -2.50. The van der Waals surface area contributed by atoms with Crippen molar-refractivity contribution in [2.24, 2.45) is 0 Å². The Hall–Kier alpha value is -2.41. The van der Waals surface area contributed by atoms with Crippen molar-refractivity contribution in [3.63, 3.8) is 0 Å². The summed E-state index contributed by atoms with van der Waals surface area (Å²) in [5.74, 6) is -0.147. The first-order chi connectivity index (χ1) is 13.1. The van der Waals surface area contributed by atoms with Crippen LogP contribution in [0, 0.1) is 0 Å². The van der Waals surface area contributed by atoms with E-state index in [1.807, 2.05) is 36.4 Å². The second-order valence-corrected chi connectivity index (χ2v) is 6.93. The monoisotopic (exact) mass is 418 g/mol. The highest BCUT2D eigenvalue weighted by Gasteiger charge is 2.29. The summed E-state index contributed by atoms with van der Waals surface area (Å²) in [7, 11) is 0. The lowest BCUT2D eigenvalue weighted by atomic mass is 10.0. The first kappa shape index (κ1) is 20.3. The highest BCUT2D eigenvalue weighted by molar-refractivity contribution is 6.31. The van der Waals surface area contributed by atoms with Crippen LogP contribution in [0.15, 0.2) is 59.5 Å². The molecule has 0 aliphatic carbocycles. The van der Waals surface area contributed by atoms with Gasteiger partial charge in [0.15, 0.2) is 0 Å². The molecule has 1 aliphatic rings. The zero-order valence-electron chi connectivity index (χ0n) is 15.0. The summed E-state index contributed by atoms with van der Waals surface area (Å²) in [6, 6.07) is 14.6. The zero-order valence-corrected chi connectivity index (χ0v) is 16.6. The summed E-state index contributed by atoms with van der Waals surface area (Å²) in [6.07, 6.45) is 1.62. The minimum atomic E-state index is -0.258. The average molecular weight is 419 g/mol. The second-order valence-electron chi connectivity index (χ2n) is 6.52. The van der Waals surface area contributed by atoms with E-state index >= 15 is 0 Å². The van der Waals surface area contributed by atoms with Crippen LogP contribution in [0.25, 0.3) is 10.8 Å². The highest BCUT2D eigenvalue weighted by Crippen LogP contribution is 2.28. The predicted octanol–water partition coefficient (Wildman–Crippen LogP) is 2.64. The van der Waals surface area contributed by atoms with Gasteiger partial charge in [-0.3, -0.25) is 9.59 Å². The molecule has 1 unspecified atom stereocenters. The quantitative estimate of drug-likeness (QED) is 0.709. The number of halogens is 2. The van der Waals surface area contributed by atoms with E-state index in [1.165, 1.54) is 4.68 Å². The van der Waals surface area contributed by atoms with Crippen LogP contribution in [0.1, 0.15) is 11.6 Å². The van der Waals surface area contributed by atoms with Crippen molar-refractivity contribution in [1.29, 1.82) is 0 Å². The van der Waals surface area contributed by atoms with E-state index < -0.39 is 0 Å². The second kappa shape index (κ2) is 8.73. The number of nitrogens with zero attached hydrogens (tertiary/aromatic N) is 3. The minimum absolute atomic E-state index is 0. The number of amides is 1.